The van der Waals surface area contributed by atoms with Gasteiger partial charge in [-0.2, -0.15) is 0 Å². The molecule has 0 atom stereocenters. The van der Waals surface area contributed by atoms with Gasteiger partial charge in [-0.3, -0.25) is 9.52 Å². The largest absolute Gasteiger partial charge is 0.496 e. The number of carbonyl (C=O) groups is 1. The molecule has 0 fully saturated rings. The van der Waals surface area contributed by atoms with Gasteiger partial charge >= 0.3 is 0 Å². The first-order chi connectivity index (χ1) is 14.9. The van der Waals surface area contributed by atoms with E-state index in [1.807, 2.05) is 24.3 Å². The third-order valence-corrected chi connectivity index (χ3v) is 6.36. The molecule has 0 saturated heterocycles. The molecular formula is C24H26N2O4S. The Morgan fingerprint density at radius 3 is 2.39 bits per heavy atom. The summed E-state index contributed by atoms with van der Waals surface area (Å²) in [4.78, 5) is 12.8. The van der Waals surface area contributed by atoms with E-state index < -0.39 is 10.0 Å². The number of anilines is 1. The van der Waals surface area contributed by atoms with Crippen molar-refractivity contribution in [2.45, 2.75) is 24.7 Å². The van der Waals surface area contributed by atoms with E-state index in [0.29, 0.717) is 23.4 Å². The normalized spacial score (nSPS) is 11.0. The van der Waals surface area contributed by atoms with Crippen molar-refractivity contribution in [3.05, 3.63) is 89.5 Å². The summed E-state index contributed by atoms with van der Waals surface area (Å²) in [5, 5.41) is 2.91. The van der Waals surface area contributed by atoms with Gasteiger partial charge in [-0.25, -0.2) is 8.42 Å². The summed E-state index contributed by atoms with van der Waals surface area (Å²) in [5.41, 5.74) is 2.48. The van der Waals surface area contributed by atoms with E-state index in [4.69, 9.17) is 4.74 Å². The zero-order valence-electron chi connectivity index (χ0n) is 17.6. The van der Waals surface area contributed by atoms with E-state index >= 15 is 0 Å². The fraction of sp³-hybridized carbons (Fsp3) is 0.208. The second-order valence-corrected chi connectivity index (χ2v) is 8.75. The molecule has 3 aromatic carbocycles. The van der Waals surface area contributed by atoms with Crippen molar-refractivity contribution in [2.75, 3.05) is 18.4 Å². The number of methoxy groups -OCH3 is 1. The van der Waals surface area contributed by atoms with Crippen molar-refractivity contribution in [3.63, 3.8) is 0 Å². The zero-order chi connectivity index (χ0) is 22.3. The summed E-state index contributed by atoms with van der Waals surface area (Å²) in [6, 6.07) is 20.9. The molecule has 0 unspecified atom stereocenters. The lowest BCUT2D eigenvalue weighted by Gasteiger charge is -2.14. The van der Waals surface area contributed by atoms with Gasteiger partial charge in [0.1, 0.15) is 5.75 Å². The van der Waals surface area contributed by atoms with E-state index in [1.165, 1.54) is 12.1 Å². The van der Waals surface area contributed by atoms with Gasteiger partial charge in [0, 0.05) is 12.1 Å². The molecule has 162 valence electrons. The van der Waals surface area contributed by atoms with Crippen LogP contribution in [0.1, 0.15) is 27.9 Å². The molecule has 0 heterocycles. The molecule has 0 saturated carbocycles. The SMILES string of the molecule is COc1ccccc1CCCNC(=O)c1cccc(NS(=O)(=O)c2ccccc2)c1C. The molecule has 7 heteroatoms. The fourth-order valence-electron chi connectivity index (χ4n) is 3.28. The molecular weight excluding hydrogens is 412 g/mol. The molecule has 0 aliphatic carbocycles. The molecule has 1 amide bonds. The van der Waals surface area contributed by atoms with E-state index in [-0.39, 0.29) is 10.8 Å². The van der Waals surface area contributed by atoms with Gasteiger partial charge in [0.05, 0.1) is 17.7 Å². The number of benzene rings is 3. The summed E-state index contributed by atoms with van der Waals surface area (Å²) in [6.45, 7) is 2.23. The molecule has 3 rings (SSSR count). The topological polar surface area (TPSA) is 84.5 Å². The van der Waals surface area contributed by atoms with Crippen molar-refractivity contribution in [1.29, 1.82) is 0 Å². The summed E-state index contributed by atoms with van der Waals surface area (Å²) >= 11 is 0. The van der Waals surface area contributed by atoms with Crippen LogP contribution in [0.5, 0.6) is 5.75 Å². The molecule has 0 aliphatic rings. The molecule has 2 N–H and O–H groups in total. The smallest absolute Gasteiger partial charge is 0.261 e. The Labute approximate surface area is 183 Å². The van der Waals surface area contributed by atoms with Crippen molar-refractivity contribution < 1.29 is 17.9 Å². The van der Waals surface area contributed by atoms with E-state index in [9.17, 15) is 13.2 Å². The second-order valence-electron chi connectivity index (χ2n) is 7.07. The summed E-state index contributed by atoms with van der Waals surface area (Å²) in [5.74, 6) is 0.598. The van der Waals surface area contributed by atoms with Crippen LogP contribution in [-0.4, -0.2) is 28.0 Å². The number of ether oxygens (including phenoxy) is 1. The lowest BCUT2D eigenvalue weighted by Crippen LogP contribution is -2.26. The summed E-state index contributed by atoms with van der Waals surface area (Å²) in [6.07, 6.45) is 1.53. The van der Waals surface area contributed by atoms with Gasteiger partial charge in [0.15, 0.2) is 0 Å². The van der Waals surface area contributed by atoms with Crippen LogP contribution in [0.4, 0.5) is 5.69 Å². The molecule has 0 aromatic heterocycles. The number of sulfonamides is 1. The van der Waals surface area contributed by atoms with Crippen LogP contribution in [0, 0.1) is 6.92 Å². The minimum atomic E-state index is -3.73. The third-order valence-electron chi connectivity index (χ3n) is 4.98. The number of carbonyl (C=O) groups excluding carboxylic acids is 1. The highest BCUT2D eigenvalue weighted by Gasteiger charge is 2.17. The van der Waals surface area contributed by atoms with Crippen LogP contribution >= 0.6 is 0 Å². The highest BCUT2D eigenvalue weighted by molar-refractivity contribution is 7.92. The van der Waals surface area contributed by atoms with Crippen LogP contribution < -0.4 is 14.8 Å². The molecule has 0 bridgehead atoms. The van der Waals surface area contributed by atoms with Gasteiger partial charge in [0.25, 0.3) is 15.9 Å². The van der Waals surface area contributed by atoms with Crippen molar-refractivity contribution in [1.82, 2.24) is 5.32 Å². The Hall–Kier alpha value is -3.32. The van der Waals surface area contributed by atoms with E-state index in [1.54, 1.807) is 50.4 Å². The van der Waals surface area contributed by atoms with Crippen LogP contribution in [0.3, 0.4) is 0 Å². The van der Waals surface area contributed by atoms with E-state index in [2.05, 4.69) is 10.0 Å². The van der Waals surface area contributed by atoms with Crippen molar-refractivity contribution in [2.24, 2.45) is 0 Å². The molecule has 31 heavy (non-hydrogen) atoms. The zero-order valence-corrected chi connectivity index (χ0v) is 18.4. The molecule has 6 nitrogen and oxygen atoms in total. The van der Waals surface area contributed by atoms with Gasteiger partial charge in [-0.05, 0) is 61.2 Å². The Kier molecular flexibility index (Phi) is 7.31. The summed E-state index contributed by atoms with van der Waals surface area (Å²) < 4.78 is 33.1. The molecule has 0 aliphatic heterocycles. The maximum atomic E-state index is 12.7. The van der Waals surface area contributed by atoms with Gasteiger partial charge in [-0.1, -0.05) is 42.5 Å². The van der Waals surface area contributed by atoms with Crippen LogP contribution in [0.25, 0.3) is 0 Å². The maximum absolute atomic E-state index is 12.7. The molecule has 0 radical (unpaired) electrons. The van der Waals surface area contributed by atoms with Crippen LogP contribution in [0.2, 0.25) is 0 Å². The van der Waals surface area contributed by atoms with Crippen molar-refractivity contribution in [3.8, 4) is 5.75 Å². The van der Waals surface area contributed by atoms with E-state index in [0.717, 1.165) is 24.2 Å². The summed E-state index contributed by atoms with van der Waals surface area (Å²) in [7, 11) is -2.09. The maximum Gasteiger partial charge on any atom is 0.261 e. The average molecular weight is 439 g/mol. The number of hydrogen-bond acceptors (Lipinski definition) is 4. The van der Waals surface area contributed by atoms with Gasteiger partial charge in [-0.15, -0.1) is 0 Å². The predicted octanol–water partition coefficient (Wildman–Crippen LogP) is 4.17. The van der Waals surface area contributed by atoms with Crippen molar-refractivity contribution >= 4 is 21.6 Å². The highest BCUT2D eigenvalue weighted by Crippen LogP contribution is 2.23. The minimum Gasteiger partial charge on any atom is -0.496 e. The monoisotopic (exact) mass is 438 g/mol. The first kappa shape index (κ1) is 22.4. The second kappa shape index (κ2) is 10.1. The molecule has 0 spiro atoms. The number of nitrogens with one attached hydrogen (secondary N) is 2. The first-order valence-corrected chi connectivity index (χ1v) is 11.5. The Morgan fingerprint density at radius 1 is 0.935 bits per heavy atom. The quantitative estimate of drug-likeness (QED) is 0.491. The predicted molar refractivity (Wildman–Crippen MR) is 122 cm³/mol. The van der Waals surface area contributed by atoms with Crippen LogP contribution in [0.15, 0.2) is 77.7 Å². The number of amides is 1. The molecule has 3 aromatic rings. The first-order valence-electron chi connectivity index (χ1n) is 10.00. The van der Waals surface area contributed by atoms with Gasteiger partial charge in [0.2, 0.25) is 0 Å². The average Bonchev–Trinajstić information content (AvgIpc) is 2.78. The Morgan fingerprint density at radius 2 is 1.65 bits per heavy atom. The third kappa shape index (κ3) is 5.64. The fourth-order valence-corrected chi connectivity index (χ4v) is 4.42. The standard InChI is InChI=1S/C24H26N2O4S/c1-18-21(24(27)25-17-9-11-19-10-6-7-16-23(19)30-2)14-8-15-22(18)26-31(28,29)20-12-4-3-5-13-20/h3-8,10,12-16,26H,9,11,17H2,1-2H3,(H,25,27). The lowest BCUT2D eigenvalue weighted by molar-refractivity contribution is 0.0952. The Balaban J connectivity index is 1.63. The number of para-hydroxylation sites is 1. The number of rotatable bonds is 9. The highest BCUT2D eigenvalue weighted by atomic mass is 32.2. The van der Waals surface area contributed by atoms with Gasteiger partial charge < -0.3 is 10.1 Å². The Bertz CT molecular complexity index is 1150. The number of hydrogen-bond donors (Lipinski definition) is 2. The van der Waals surface area contributed by atoms with Crippen LogP contribution in [-0.2, 0) is 16.4 Å². The lowest BCUT2D eigenvalue weighted by atomic mass is 10.1. The minimum absolute atomic E-state index is 0.167. The number of aryl methyl sites for hydroxylation is 1.